The maximum atomic E-state index is 14.1. The maximum absolute atomic E-state index is 14.1. The van der Waals surface area contributed by atoms with E-state index in [-0.39, 0.29) is 5.82 Å². The summed E-state index contributed by atoms with van der Waals surface area (Å²) in [5, 5.41) is 0. The van der Waals surface area contributed by atoms with Gasteiger partial charge in [0.25, 0.3) is 0 Å². The molecule has 0 aliphatic rings. The molecular weight excluding hydrogens is 265 g/mol. The van der Waals surface area contributed by atoms with Crippen LogP contribution in [-0.4, -0.2) is 7.11 Å². The van der Waals surface area contributed by atoms with Gasteiger partial charge in [0.2, 0.25) is 0 Å². The number of nitrogens with two attached hydrogens (primary N) is 1. The fourth-order valence-corrected chi connectivity index (χ4v) is 2.45. The molecule has 0 saturated heterocycles. The van der Waals surface area contributed by atoms with Crippen molar-refractivity contribution in [3.05, 3.63) is 65.0 Å². The Morgan fingerprint density at radius 2 is 1.90 bits per heavy atom. The fourth-order valence-electron chi connectivity index (χ4n) is 2.45. The standard InChI is InChI=1S/C18H22FNO/c1-12(2)9-13-5-4-6-14(10-13)18(20)16-8-7-15(21-3)11-17(16)19/h4-8,10-12,18H,9,20H2,1-3H3. The van der Waals surface area contributed by atoms with Gasteiger partial charge in [0, 0.05) is 11.6 Å². The first-order valence-electron chi connectivity index (χ1n) is 7.19. The van der Waals surface area contributed by atoms with E-state index in [4.69, 9.17) is 10.5 Å². The molecule has 0 aromatic heterocycles. The molecule has 2 aromatic rings. The van der Waals surface area contributed by atoms with Crippen molar-refractivity contribution in [1.82, 2.24) is 0 Å². The molecule has 2 aromatic carbocycles. The molecular formula is C18H22FNO. The second kappa shape index (κ2) is 6.72. The van der Waals surface area contributed by atoms with Gasteiger partial charge in [-0.1, -0.05) is 44.2 Å². The second-order valence-corrected chi connectivity index (χ2v) is 5.71. The van der Waals surface area contributed by atoms with E-state index in [0.717, 1.165) is 12.0 Å². The minimum atomic E-state index is -0.469. The first kappa shape index (κ1) is 15.5. The number of rotatable bonds is 5. The zero-order valence-electron chi connectivity index (χ0n) is 12.8. The molecule has 1 atom stereocenters. The highest BCUT2D eigenvalue weighted by molar-refractivity contribution is 5.37. The van der Waals surface area contributed by atoms with Crippen LogP contribution in [0, 0.1) is 11.7 Å². The highest BCUT2D eigenvalue weighted by Gasteiger charge is 2.15. The molecule has 0 aliphatic carbocycles. The van der Waals surface area contributed by atoms with E-state index in [2.05, 4.69) is 26.0 Å². The predicted octanol–water partition coefficient (Wildman–Crippen LogP) is 4.08. The first-order valence-corrected chi connectivity index (χ1v) is 7.19. The molecule has 112 valence electrons. The third kappa shape index (κ3) is 3.82. The van der Waals surface area contributed by atoms with Crippen molar-refractivity contribution in [2.24, 2.45) is 11.7 Å². The average molecular weight is 287 g/mol. The summed E-state index contributed by atoms with van der Waals surface area (Å²) in [5.74, 6) is 0.738. The summed E-state index contributed by atoms with van der Waals surface area (Å²) < 4.78 is 19.1. The van der Waals surface area contributed by atoms with E-state index >= 15 is 0 Å². The van der Waals surface area contributed by atoms with Gasteiger partial charge >= 0.3 is 0 Å². The van der Waals surface area contributed by atoms with Gasteiger partial charge in [-0.3, -0.25) is 0 Å². The molecule has 2 N–H and O–H groups in total. The van der Waals surface area contributed by atoms with E-state index in [1.807, 2.05) is 12.1 Å². The third-order valence-corrected chi connectivity index (χ3v) is 3.50. The van der Waals surface area contributed by atoms with Crippen LogP contribution >= 0.6 is 0 Å². The van der Waals surface area contributed by atoms with E-state index in [1.165, 1.54) is 18.7 Å². The van der Waals surface area contributed by atoms with Crippen LogP contribution in [0.25, 0.3) is 0 Å². The summed E-state index contributed by atoms with van der Waals surface area (Å²) in [6, 6.07) is 12.4. The summed E-state index contributed by atoms with van der Waals surface area (Å²) in [5.41, 5.74) is 8.87. The summed E-state index contributed by atoms with van der Waals surface area (Å²) >= 11 is 0. The lowest BCUT2D eigenvalue weighted by Gasteiger charge is -2.16. The first-order chi connectivity index (χ1) is 10.0. The van der Waals surface area contributed by atoms with Crippen molar-refractivity contribution >= 4 is 0 Å². The van der Waals surface area contributed by atoms with Crippen LogP contribution in [0.2, 0.25) is 0 Å². The third-order valence-electron chi connectivity index (χ3n) is 3.50. The largest absolute Gasteiger partial charge is 0.497 e. The number of hydrogen-bond acceptors (Lipinski definition) is 2. The van der Waals surface area contributed by atoms with Gasteiger partial charge in [0.15, 0.2) is 0 Å². The van der Waals surface area contributed by atoms with Crippen LogP contribution in [0.15, 0.2) is 42.5 Å². The summed E-state index contributed by atoms with van der Waals surface area (Å²) in [7, 11) is 1.52. The van der Waals surface area contributed by atoms with Gasteiger partial charge in [-0.15, -0.1) is 0 Å². The van der Waals surface area contributed by atoms with Gasteiger partial charge in [0.05, 0.1) is 13.2 Å². The monoisotopic (exact) mass is 287 g/mol. The topological polar surface area (TPSA) is 35.2 Å². The highest BCUT2D eigenvalue weighted by Crippen LogP contribution is 2.26. The van der Waals surface area contributed by atoms with Crippen LogP contribution < -0.4 is 10.5 Å². The van der Waals surface area contributed by atoms with Crippen molar-refractivity contribution in [1.29, 1.82) is 0 Å². The molecule has 0 radical (unpaired) electrons. The van der Waals surface area contributed by atoms with E-state index in [0.29, 0.717) is 17.2 Å². The zero-order chi connectivity index (χ0) is 15.4. The average Bonchev–Trinajstić information content (AvgIpc) is 2.46. The normalized spacial score (nSPS) is 12.5. The Labute approximate surface area is 125 Å². The van der Waals surface area contributed by atoms with Crippen molar-refractivity contribution < 1.29 is 9.13 Å². The second-order valence-electron chi connectivity index (χ2n) is 5.71. The van der Waals surface area contributed by atoms with Crippen LogP contribution in [0.5, 0.6) is 5.75 Å². The lowest BCUT2D eigenvalue weighted by atomic mass is 9.95. The van der Waals surface area contributed by atoms with Gasteiger partial charge < -0.3 is 10.5 Å². The Balaban J connectivity index is 2.29. The number of methoxy groups -OCH3 is 1. The van der Waals surface area contributed by atoms with Crippen molar-refractivity contribution in [2.75, 3.05) is 7.11 Å². The van der Waals surface area contributed by atoms with Gasteiger partial charge in [-0.05, 0) is 29.5 Å². The van der Waals surface area contributed by atoms with Crippen LogP contribution in [-0.2, 0) is 6.42 Å². The summed E-state index contributed by atoms with van der Waals surface area (Å²) in [4.78, 5) is 0. The van der Waals surface area contributed by atoms with E-state index in [9.17, 15) is 4.39 Å². The molecule has 2 nitrogen and oxygen atoms in total. The lowest BCUT2D eigenvalue weighted by molar-refractivity contribution is 0.410. The predicted molar refractivity (Wildman–Crippen MR) is 84.0 cm³/mol. The summed E-state index contributed by atoms with van der Waals surface area (Å²) in [6.07, 6.45) is 0.992. The molecule has 0 aliphatic heterocycles. The molecule has 0 amide bonds. The maximum Gasteiger partial charge on any atom is 0.132 e. The van der Waals surface area contributed by atoms with Crippen LogP contribution in [0.1, 0.15) is 36.6 Å². The molecule has 1 unspecified atom stereocenters. The molecule has 0 heterocycles. The quantitative estimate of drug-likeness (QED) is 0.899. The molecule has 3 heteroatoms. The van der Waals surface area contributed by atoms with Crippen molar-refractivity contribution in [3.63, 3.8) is 0 Å². The Hall–Kier alpha value is -1.87. The highest BCUT2D eigenvalue weighted by atomic mass is 19.1. The minimum Gasteiger partial charge on any atom is -0.497 e. The van der Waals surface area contributed by atoms with E-state index in [1.54, 1.807) is 12.1 Å². The van der Waals surface area contributed by atoms with Gasteiger partial charge in [-0.2, -0.15) is 0 Å². The van der Waals surface area contributed by atoms with Crippen LogP contribution in [0.3, 0.4) is 0 Å². The van der Waals surface area contributed by atoms with E-state index < -0.39 is 6.04 Å². The van der Waals surface area contributed by atoms with Gasteiger partial charge in [-0.25, -0.2) is 4.39 Å². The smallest absolute Gasteiger partial charge is 0.132 e. The Morgan fingerprint density at radius 1 is 1.14 bits per heavy atom. The Bertz CT molecular complexity index is 610. The fraction of sp³-hybridized carbons (Fsp3) is 0.333. The molecule has 0 saturated carbocycles. The number of benzene rings is 2. The van der Waals surface area contributed by atoms with Crippen molar-refractivity contribution in [3.8, 4) is 5.75 Å². The Kier molecular flexibility index (Phi) is 4.97. The Morgan fingerprint density at radius 3 is 2.52 bits per heavy atom. The number of ether oxygens (including phenoxy) is 1. The molecule has 0 spiro atoms. The van der Waals surface area contributed by atoms with Crippen LogP contribution in [0.4, 0.5) is 4.39 Å². The molecule has 0 fully saturated rings. The van der Waals surface area contributed by atoms with Gasteiger partial charge in [0.1, 0.15) is 11.6 Å². The lowest BCUT2D eigenvalue weighted by Crippen LogP contribution is -2.14. The summed E-state index contributed by atoms with van der Waals surface area (Å²) in [6.45, 7) is 4.35. The number of hydrogen-bond donors (Lipinski definition) is 1. The molecule has 0 bridgehead atoms. The molecule has 2 rings (SSSR count). The van der Waals surface area contributed by atoms with Crippen molar-refractivity contribution in [2.45, 2.75) is 26.3 Å². The number of halogens is 1. The SMILES string of the molecule is COc1ccc(C(N)c2cccc(CC(C)C)c2)c(F)c1. The molecule has 21 heavy (non-hydrogen) atoms. The minimum absolute atomic E-state index is 0.337. The zero-order valence-corrected chi connectivity index (χ0v) is 12.8.